The van der Waals surface area contributed by atoms with Crippen LogP contribution in [0.1, 0.15) is 44.6 Å². The number of anilines is 1. The Bertz CT molecular complexity index is 418. The second kappa shape index (κ2) is 5.91. The van der Waals surface area contributed by atoms with E-state index in [-0.39, 0.29) is 0 Å². The third-order valence-electron chi connectivity index (χ3n) is 4.69. The van der Waals surface area contributed by atoms with Gasteiger partial charge < -0.3 is 5.32 Å². The van der Waals surface area contributed by atoms with E-state index in [1.807, 2.05) is 6.20 Å². The second-order valence-corrected chi connectivity index (χ2v) is 5.95. The van der Waals surface area contributed by atoms with E-state index in [0.29, 0.717) is 0 Å². The molecule has 0 radical (unpaired) electrons. The molecule has 104 valence electrons. The first-order valence-corrected chi connectivity index (χ1v) is 7.79. The fourth-order valence-corrected chi connectivity index (χ4v) is 3.78. The molecule has 1 aliphatic heterocycles. The summed E-state index contributed by atoms with van der Waals surface area (Å²) in [6.07, 6.45) is 9.10. The van der Waals surface area contributed by atoms with Crippen LogP contribution in [0.2, 0.25) is 0 Å². The number of fused-ring (bicyclic) bond motifs is 1. The van der Waals surface area contributed by atoms with Crippen LogP contribution in [-0.4, -0.2) is 29.0 Å². The largest absolute Gasteiger partial charge is 0.370 e. The summed E-state index contributed by atoms with van der Waals surface area (Å²) in [5.74, 6) is 1.99. The van der Waals surface area contributed by atoms with Gasteiger partial charge in [0.15, 0.2) is 0 Å². The van der Waals surface area contributed by atoms with E-state index in [4.69, 9.17) is 0 Å². The molecule has 1 aromatic heterocycles. The first kappa shape index (κ1) is 12.9. The molecule has 2 fully saturated rings. The van der Waals surface area contributed by atoms with Crippen molar-refractivity contribution in [2.24, 2.45) is 5.92 Å². The molecule has 1 N–H and O–H groups in total. The van der Waals surface area contributed by atoms with Gasteiger partial charge in [0.25, 0.3) is 0 Å². The smallest absolute Gasteiger partial charge is 0.126 e. The fourth-order valence-electron chi connectivity index (χ4n) is 3.78. The van der Waals surface area contributed by atoms with Crippen LogP contribution in [0.3, 0.4) is 0 Å². The minimum Gasteiger partial charge on any atom is -0.370 e. The van der Waals surface area contributed by atoms with E-state index in [1.165, 1.54) is 44.2 Å². The van der Waals surface area contributed by atoms with E-state index in [2.05, 4.69) is 34.3 Å². The molecule has 1 aromatic rings. The monoisotopic (exact) mass is 259 g/mol. The van der Waals surface area contributed by atoms with Gasteiger partial charge in [-0.3, -0.25) is 4.90 Å². The van der Waals surface area contributed by atoms with E-state index in [0.717, 1.165) is 30.9 Å². The number of likely N-dealkylation sites (tertiary alicyclic amines) is 1. The normalized spacial score (nSPS) is 27.2. The van der Waals surface area contributed by atoms with Crippen LogP contribution in [0.25, 0.3) is 0 Å². The summed E-state index contributed by atoms with van der Waals surface area (Å²) < 4.78 is 0. The fraction of sp³-hybridized carbons (Fsp3) is 0.688. The van der Waals surface area contributed by atoms with E-state index < -0.39 is 0 Å². The maximum atomic E-state index is 4.36. The third kappa shape index (κ3) is 2.92. The van der Waals surface area contributed by atoms with Crippen LogP contribution in [0, 0.1) is 5.92 Å². The standard InChI is InChI=1S/C16H25N3/c1-2-17-16-11-13(7-9-18-16)12-19-10-8-14-5-3-4-6-15(14)19/h7,9,11,14-15H,2-6,8,10,12H2,1H3,(H,17,18). The van der Waals surface area contributed by atoms with Gasteiger partial charge in [-0.15, -0.1) is 0 Å². The van der Waals surface area contributed by atoms with Crippen molar-refractivity contribution in [3.05, 3.63) is 23.9 Å². The van der Waals surface area contributed by atoms with Gasteiger partial charge >= 0.3 is 0 Å². The van der Waals surface area contributed by atoms with Gasteiger partial charge in [-0.25, -0.2) is 4.98 Å². The lowest BCUT2D eigenvalue weighted by atomic mass is 9.85. The Morgan fingerprint density at radius 2 is 2.21 bits per heavy atom. The predicted octanol–water partition coefficient (Wildman–Crippen LogP) is 3.28. The lowest BCUT2D eigenvalue weighted by Gasteiger charge is -2.31. The summed E-state index contributed by atoms with van der Waals surface area (Å²) >= 11 is 0. The van der Waals surface area contributed by atoms with E-state index >= 15 is 0 Å². The molecule has 19 heavy (non-hydrogen) atoms. The maximum Gasteiger partial charge on any atom is 0.126 e. The summed E-state index contributed by atoms with van der Waals surface area (Å²) in [5, 5.41) is 3.30. The quantitative estimate of drug-likeness (QED) is 0.899. The summed E-state index contributed by atoms with van der Waals surface area (Å²) in [7, 11) is 0. The van der Waals surface area contributed by atoms with Gasteiger partial charge in [0, 0.05) is 25.3 Å². The molecule has 3 heteroatoms. The van der Waals surface area contributed by atoms with Gasteiger partial charge in [0.1, 0.15) is 5.82 Å². The van der Waals surface area contributed by atoms with Crippen molar-refractivity contribution in [3.8, 4) is 0 Å². The van der Waals surface area contributed by atoms with Crippen molar-refractivity contribution >= 4 is 5.82 Å². The Morgan fingerprint density at radius 3 is 3.11 bits per heavy atom. The molecule has 1 saturated carbocycles. The molecule has 0 aromatic carbocycles. The SMILES string of the molecule is CCNc1cc(CN2CCC3CCCCC32)ccn1. The Labute approximate surface area is 116 Å². The second-order valence-electron chi connectivity index (χ2n) is 5.95. The average Bonchev–Trinajstić information content (AvgIpc) is 2.83. The summed E-state index contributed by atoms with van der Waals surface area (Å²) in [6.45, 7) is 5.43. The highest BCUT2D eigenvalue weighted by molar-refractivity contribution is 5.37. The first-order valence-electron chi connectivity index (χ1n) is 7.79. The van der Waals surface area contributed by atoms with Crippen LogP contribution < -0.4 is 5.32 Å². The zero-order chi connectivity index (χ0) is 13.1. The lowest BCUT2D eigenvalue weighted by molar-refractivity contribution is 0.176. The van der Waals surface area contributed by atoms with Crippen molar-refractivity contribution in [1.29, 1.82) is 0 Å². The molecule has 1 saturated heterocycles. The topological polar surface area (TPSA) is 28.2 Å². The van der Waals surface area contributed by atoms with E-state index in [1.54, 1.807) is 0 Å². The van der Waals surface area contributed by atoms with Crippen LogP contribution in [0.15, 0.2) is 18.3 Å². The van der Waals surface area contributed by atoms with E-state index in [9.17, 15) is 0 Å². The molecule has 2 heterocycles. The molecular weight excluding hydrogens is 234 g/mol. The summed E-state index contributed by atoms with van der Waals surface area (Å²) in [4.78, 5) is 7.06. The Balaban J connectivity index is 1.66. The number of aromatic nitrogens is 1. The van der Waals surface area contributed by atoms with Crippen LogP contribution in [0.4, 0.5) is 5.82 Å². The number of hydrogen-bond acceptors (Lipinski definition) is 3. The number of hydrogen-bond donors (Lipinski definition) is 1. The van der Waals surface area contributed by atoms with Crippen LogP contribution >= 0.6 is 0 Å². The molecule has 0 amide bonds. The van der Waals surface area contributed by atoms with Crippen molar-refractivity contribution < 1.29 is 0 Å². The Morgan fingerprint density at radius 1 is 1.32 bits per heavy atom. The average molecular weight is 259 g/mol. The zero-order valence-corrected chi connectivity index (χ0v) is 11.9. The highest BCUT2D eigenvalue weighted by Gasteiger charge is 2.35. The Hall–Kier alpha value is -1.09. The van der Waals surface area contributed by atoms with Crippen molar-refractivity contribution in [3.63, 3.8) is 0 Å². The van der Waals surface area contributed by atoms with Crippen molar-refractivity contribution in [2.45, 2.75) is 51.6 Å². The molecule has 2 atom stereocenters. The molecule has 2 unspecified atom stereocenters. The maximum absolute atomic E-state index is 4.36. The minimum atomic E-state index is 0.851. The van der Waals surface area contributed by atoms with Crippen molar-refractivity contribution in [1.82, 2.24) is 9.88 Å². The van der Waals surface area contributed by atoms with Gasteiger partial charge in [0.2, 0.25) is 0 Å². The summed E-state index contributed by atoms with van der Waals surface area (Å²) in [5.41, 5.74) is 1.40. The third-order valence-corrected chi connectivity index (χ3v) is 4.69. The van der Waals surface area contributed by atoms with Crippen LogP contribution in [-0.2, 0) is 6.54 Å². The highest BCUT2D eigenvalue weighted by Crippen LogP contribution is 2.36. The molecule has 2 aliphatic rings. The minimum absolute atomic E-state index is 0.851. The molecule has 1 aliphatic carbocycles. The predicted molar refractivity (Wildman–Crippen MR) is 79.2 cm³/mol. The molecule has 3 rings (SSSR count). The molecule has 3 nitrogen and oxygen atoms in total. The molecular formula is C16H25N3. The number of pyridine rings is 1. The Kier molecular flexibility index (Phi) is 4.02. The van der Waals surface area contributed by atoms with Gasteiger partial charge in [-0.05, 0) is 56.3 Å². The molecule has 0 bridgehead atoms. The van der Waals surface area contributed by atoms with Gasteiger partial charge in [-0.1, -0.05) is 12.8 Å². The summed E-state index contributed by atoms with van der Waals surface area (Å²) in [6, 6.07) is 5.22. The van der Waals surface area contributed by atoms with Gasteiger partial charge in [0.05, 0.1) is 0 Å². The highest BCUT2D eigenvalue weighted by atomic mass is 15.2. The van der Waals surface area contributed by atoms with Crippen molar-refractivity contribution in [2.75, 3.05) is 18.4 Å². The van der Waals surface area contributed by atoms with Crippen LogP contribution in [0.5, 0.6) is 0 Å². The molecule has 0 spiro atoms. The first-order chi connectivity index (χ1) is 9.36. The number of nitrogens with one attached hydrogen (secondary N) is 1. The van der Waals surface area contributed by atoms with Gasteiger partial charge in [-0.2, -0.15) is 0 Å². The lowest BCUT2D eigenvalue weighted by Crippen LogP contribution is -2.34. The number of rotatable bonds is 4. The zero-order valence-electron chi connectivity index (χ0n) is 11.9. The number of nitrogens with zero attached hydrogens (tertiary/aromatic N) is 2.